The second-order valence-corrected chi connectivity index (χ2v) is 10.3. The second-order valence-electron chi connectivity index (χ2n) is 6.85. The van der Waals surface area contributed by atoms with E-state index in [4.69, 9.17) is 10.3 Å². The Labute approximate surface area is 158 Å². The molecule has 1 aliphatic rings. The van der Waals surface area contributed by atoms with Crippen LogP contribution in [0.1, 0.15) is 62.9 Å². The van der Waals surface area contributed by atoms with Crippen LogP contribution in [0.5, 0.6) is 0 Å². The highest BCUT2D eigenvalue weighted by Crippen LogP contribution is 2.40. The molecule has 142 valence electrons. The van der Waals surface area contributed by atoms with E-state index in [2.05, 4.69) is 10.1 Å². The van der Waals surface area contributed by atoms with Crippen LogP contribution in [0.4, 0.5) is 0 Å². The maximum absolute atomic E-state index is 12.5. The van der Waals surface area contributed by atoms with E-state index in [1.54, 1.807) is 12.1 Å². The van der Waals surface area contributed by atoms with Gasteiger partial charge in [-0.05, 0) is 38.3 Å². The molecule has 0 radical (unpaired) electrons. The van der Waals surface area contributed by atoms with E-state index in [1.807, 2.05) is 26.0 Å². The Hall–Kier alpha value is -1.38. The van der Waals surface area contributed by atoms with E-state index in [9.17, 15) is 8.42 Å². The zero-order valence-electron chi connectivity index (χ0n) is 15.1. The lowest BCUT2D eigenvalue weighted by Gasteiger charge is -2.17. The number of sulfone groups is 1. The van der Waals surface area contributed by atoms with Crippen molar-refractivity contribution in [1.82, 2.24) is 10.1 Å². The molecule has 8 heteroatoms. The summed E-state index contributed by atoms with van der Waals surface area (Å²) in [5.74, 6) is 1.17. The summed E-state index contributed by atoms with van der Waals surface area (Å²) >= 11 is 1.41. The maximum Gasteiger partial charge on any atom is 0.239 e. The van der Waals surface area contributed by atoms with Crippen molar-refractivity contribution in [3.8, 4) is 0 Å². The normalized spacial score (nSPS) is 18.1. The molecule has 2 N–H and O–H groups in total. The van der Waals surface area contributed by atoms with E-state index in [-0.39, 0.29) is 11.0 Å². The molecule has 0 saturated heterocycles. The minimum atomic E-state index is -3.29. The van der Waals surface area contributed by atoms with Crippen molar-refractivity contribution in [2.75, 3.05) is 5.75 Å². The Morgan fingerprint density at radius 1 is 1.31 bits per heavy atom. The third kappa shape index (κ3) is 3.97. The number of hydrogen-bond donors (Lipinski definition) is 1. The van der Waals surface area contributed by atoms with Crippen molar-refractivity contribution in [2.45, 2.75) is 66.5 Å². The molecule has 1 fully saturated rings. The van der Waals surface area contributed by atoms with Crippen LogP contribution in [-0.4, -0.2) is 24.3 Å². The molecule has 2 aromatic rings. The van der Waals surface area contributed by atoms with Gasteiger partial charge in [-0.15, -0.1) is 11.8 Å². The summed E-state index contributed by atoms with van der Waals surface area (Å²) in [5.41, 5.74) is 5.90. The summed E-state index contributed by atoms with van der Waals surface area (Å²) in [6.45, 7) is 3.80. The highest BCUT2D eigenvalue weighted by molar-refractivity contribution is 8.00. The Morgan fingerprint density at radius 2 is 2.00 bits per heavy atom. The molecular formula is C18H25N3O3S2. The summed E-state index contributed by atoms with van der Waals surface area (Å²) in [5, 5.41) is 3.92. The molecule has 0 bridgehead atoms. The first-order valence-electron chi connectivity index (χ1n) is 8.97. The lowest BCUT2D eigenvalue weighted by Crippen LogP contribution is -2.34. The monoisotopic (exact) mass is 395 g/mol. The van der Waals surface area contributed by atoms with E-state index < -0.39 is 15.4 Å². The minimum Gasteiger partial charge on any atom is -0.338 e. The molecule has 0 aliphatic heterocycles. The first-order chi connectivity index (χ1) is 12.4. The molecule has 0 amide bonds. The van der Waals surface area contributed by atoms with E-state index in [0.29, 0.717) is 27.9 Å². The summed E-state index contributed by atoms with van der Waals surface area (Å²) in [6.07, 6.45) is 4.47. The van der Waals surface area contributed by atoms with Crippen molar-refractivity contribution in [2.24, 2.45) is 5.73 Å². The van der Waals surface area contributed by atoms with Crippen molar-refractivity contribution in [3.05, 3.63) is 36.0 Å². The Morgan fingerprint density at radius 3 is 2.69 bits per heavy atom. The van der Waals surface area contributed by atoms with Gasteiger partial charge in [0, 0.05) is 4.90 Å². The number of thioether (sulfide) groups is 1. The van der Waals surface area contributed by atoms with Gasteiger partial charge in [0.05, 0.1) is 21.4 Å². The number of benzene rings is 1. The lowest BCUT2D eigenvalue weighted by atomic mass is 9.99. The maximum atomic E-state index is 12.5. The van der Waals surface area contributed by atoms with Crippen molar-refractivity contribution in [3.63, 3.8) is 0 Å². The number of rotatable bonds is 7. The Kier molecular flexibility index (Phi) is 5.74. The van der Waals surface area contributed by atoms with Gasteiger partial charge in [0.15, 0.2) is 15.7 Å². The van der Waals surface area contributed by atoms with Gasteiger partial charge in [-0.2, -0.15) is 4.98 Å². The smallest absolute Gasteiger partial charge is 0.239 e. The molecule has 1 aliphatic carbocycles. The van der Waals surface area contributed by atoms with E-state index in [1.165, 1.54) is 11.8 Å². The number of nitrogens with zero attached hydrogens (tertiary/aromatic N) is 2. The summed E-state index contributed by atoms with van der Waals surface area (Å²) in [4.78, 5) is 5.59. The molecule has 1 atom stereocenters. The van der Waals surface area contributed by atoms with Crippen molar-refractivity contribution in [1.29, 1.82) is 0 Å². The molecule has 3 rings (SSSR count). The summed E-state index contributed by atoms with van der Waals surface area (Å²) in [7, 11) is -3.29. The van der Waals surface area contributed by atoms with Gasteiger partial charge in [0.25, 0.3) is 0 Å². The fourth-order valence-electron chi connectivity index (χ4n) is 3.26. The molecule has 1 aromatic heterocycles. The number of nitrogens with two attached hydrogens (primary N) is 1. The average molecular weight is 396 g/mol. The second kappa shape index (κ2) is 7.70. The topological polar surface area (TPSA) is 99.1 Å². The number of aromatic nitrogens is 2. The van der Waals surface area contributed by atoms with Crippen LogP contribution in [0.15, 0.2) is 38.6 Å². The van der Waals surface area contributed by atoms with E-state index in [0.717, 1.165) is 25.7 Å². The predicted molar refractivity (Wildman–Crippen MR) is 102 cm³/mol. The first-order valence-corrected chi connectivity index (χ1v) is 11.5. The standard InChI is InChI=1S/C18H25N3O3S2/c1-3-12-26(22,23)15-9-5-4-8-14(15)25-13(2)16-20-17(21-24-16)18(19)10-6-7-11-18/h4-5,8-9,13H,3,6-7,10-12,19H2,1-2H3. The summed E-state index contributed by atoms with van der Waals surface area (Å²) in [6, 6.07) is 7.07. The van der Waals surface area contributed by atoms with Crippen LogP contribution in [0, 0.1) is 0 Å². The van der Waals surface area contributed by atoms with Gasteiger partial charge in [-0.1, -0.05) is 37.1 Å². The van der Waals surface area contributed by atoms with Gasteiger partial charge in [0.1, 0.15) is 0 Å². The van der Waals surface area contributed by atoms with Gasteiger partial charge >= 0.3 is 0 Å². The predicted octanol–water partition coefficient (Wildman–Crippen LogP) is 3.83. The Balaban J connectivity index is 1.81. The third-order valence-electron chi connectivity index (χ3n) is 4.69. The van der Waals surface area contributed by atoms with Crippen LogP contribution in [0.2, 0.25) is 0 Å². The molecule has 1 aromatic carbocycles. The molecular weight excluding hydrogens is 370 g/mol. The van der Waals surface area contributed by atoms with Crippen LogP contribution in [0.3, 0.4) is 0 Å². The van der Waals surface area contributed by atoms with Gasteiger partial charge in [0.2, 0.25) is 5.89 Å². The van der Waals surface area contributed by atoms with Crippen LogP contribution in [0.25, 0.3) is 0 Å². The zero-order chi connectivity index (χ0) is 18.8. The van der Waals surface area contributed by atoms with Gasteiger partial charge in [-0.3, -0.25) is 0 Å². The zero-order valence-corrected chi connectivity index (χ0v) is 16.8. The fourth-order valence-corrected chi connectivity index (χ4v) is 6.12. The molecule has 0 spiro atoms. The van der Waals surface area contributed by atoms with Crippen LogP contribution < -0.4 is 5.73 Å². The molecule has 1 heterocycles. The lowest BCUT2D eigenvalue weighted by molar-refractivity contribution is 0.349. The van der Waals surface area contributed by atoms with Crippen molar-refractivity contribution < 1.29 is 12.9 Å². The number of hydrogen-bond acceptors (Lipinski definition) is 7. The highest BCUT2D eigenvalue weighted by atomic mass is 32.2. The first kappa shape index (κ1) is 19.4. The van der Waals surface area contributed by atoms with E-state index >= 15 is 0 Å². The minimum absolute atomic E-state index is 0.138. The molecule has 26 heavy (non-hydrogen) atoms. The summed E-state index contributed by atoms with van der Waals surface area (Å²) < 4.78 is 30.5. The highest BCUT2D eigenvalue weighted by Gasteiger charge is 2.36. The van der Waals surface area contributed by atoms with Crippen LogP contribution in [-0.2, 0) is 15.4 Å². The molecule has 1 saturated carbocycles. The van der Waals surface area contributed by atoms with Gasteiger partial charge < -0.3 is 10.3 Å². The average Bonchev–Trinajstić information content (AvgIpc) is 3.25. The SMILES string of the molecule is CCCS(=O)(=O)c1ccccc1SC(C)c1nc(C2(N)CCCC2)no1. The molecule has 1 unspecified atom stereocenters. The van der Waals surface area contributed by atoms with Gasteiger partial charge in [-0.25, -0.2) is 8.42 Å². The van der Waals surface area contributed by atoms with Crippen molar-refractivity contribution >= 4 is 21.6 Å². The van der Waals surface area contributed by atoms with Crippen LogP contribution >= 0.6 is 11.8 Å². The third-order valence-corrected chi connectivity index (χ3v) is 7.96. The quantitative estimate of drug-likeness (QED) is 0.711. The molecule has 6 nitrogen and oxygen atoms in total. The Bertz CT molecular complexity index is 858. The fraction of sp³-hybridized carbons (Fsp3) is 0.556. The largest absolute Gasteiger partial charge is 0.338 e.